The lowest BCUT2D eigenvalue weighted by Crippen LogP contribution is -2.53. The third-order valence-electron chi connectivity index (χ3n) is 7.37. The van der Waals surface area contributed by atoms with Crippen molar-refractivity contribution < 1.29 is 36.9 Å². The molecule has 7 nitrogen and oxygen atoms in total. The largest absolute Gasteiger partial charge is 0.494 e. The molecule has 0 saturated heterocycles. The Balaban J connectivity index is 1.51. The molecular formula is C34H29Cl2F4N3O4. The molecule has 0 fully saturated rings. The number of rotatable bonds is 12. The smallest absolute Gasteiger partial charge is 0.416 e. The summed E-state index contributed by atoms with van der Waals surface area (Å²) in [4.78, 5) is 19.1. The number of benzene rings is 4. The van der Waals surface area contributed by atoms with E-state index in [9.17, 15) is 22.4 Å². The average molecular weight is 691 g/mol. The highest BCUT2D eigenvalue weighted by atomic mass is 35.5. The lowest BCUT2D eigenvalue weighted by atomic mass is 9.82. The molecular weight excluding hydrogens is 661 g/mol. The van der Waals surface area contributed by atoms with Crippen molar-refractivity contribution in [2.45, 2.75) is 37.2 Å². The summed E-state index contributed by atoms with van der Waals surface area (Å²) >= 11 is 12.8. The van der Waals surface area contributed by atoms with E-state index in [1.54, 1.807) is 36.4 Å². The second kappa shape index (κ2) is 14.7. The number of aliphatic imine (C=N–C) groups is 1. The van der Waals surface area contributed by atoms with E-state index in [1.165, 1.54) is 6.07 Å². The third kappa shape index (κ3) is 8.23. The van der Waals surface area contributed by atoms with Crippen LogP contribution in [0, 0.1) is 5.82 Å². The molecule has 4 aromatic carbocycles. The zero-order valence-electron chi connectivity index (χ0n) is 24.7. The Kier molecular flexibility index (Phi) is 10.7. The molecule has 1 aliphatic rings. The lowest BCUT2D eigenvalue weighted by Gasteiger charge is -2.31. The molecule has 0 aromatic heterocycles. The van der Waals surface area contributed by atoms with Crippen molar-refractivity contribution >= 4 is 35.0 Å². The van der Waals surface area contributed by atoms with Crippen LogP contribution in [0.2, 0.25) is 10.0 Å². The predicted molar refractivity (Wildman–Crippen MR) is 170 cm³/mol. The van der Waals surface area contributed by atoms with Gasteiger partial charge in [-0.3, -0.25) is 10.2 Å². The Morgan fingerprint density at radius 2 is 1.72 bits per heavy atom. The maximum atomic E-state index is 14.3. The minimum absolute atomic E-state index is 0.00533. The Bertz CT molecular complexity index is 1740. The summed E-state index contributed by atoms with van der Waals surface area (Å²) in [6.45, 7) is -0.00487. The highest BCUT2D eigenvalue weighted by Gasteiger charge is 2.54. The van der Waals surface area contributed by atoms with E-state index in [4.69, 9.17) is 42.8 Å². The molecule has 246 valence electrons. The number of alkyl halides is 3. The van der Waals surface area contributed by atoms with Gasteiger partial charge in [0, 0.05) is 47.2 Å². The fraction of sp³-hybridized carbons (Fsp3) is 0.235. The van der Waals surface area contributed by atoms with Crippen LogP contribution in [0.3, 0.4) is 0 Å². The molecule has 0 saturated carbocycles. The first-order valence-corrected chi connectivity index (χ1v) is 15.2. The molecule has 1 aliphatic heterocycles. The van der Waals surface area contributed by atoms with Gasteiger partial charge in [0.15, 0.2) is 11.6 Å². The summed E-state index contributed by atoms with van der Waals surface area (Å²) in [5.41, 5.74) is 4.00. The van der Waals surface area contributed by atoms with Crippen LogP contribution in [0.4, 0.5) is 17.6 Å². The highest BCUT2D eigenvalue weighted by molar-refractivity contribution is 6.35. The number of hydrazine groups is 1. The van der Waals surface area contributed by atoms with Crippen molar-refractivity contribution in [3.05, 3.63) is 135 Å². The number of nitrogens with zero attached hydrogens (tertiary/aromatic N) is 1. The Morgan fingerprint density at radius 3 is 2.40 bits per heavy atom. The van der Waals surface area contributed by atoms with Gasteiger partial charge in [-0.1, -0.05) is 59.6 Å². The minimum Gasteiger partial charge on any atom is -0.494 e. The van der Waals surface area contributed by atoms with Crippen LogP contribution in [0.5, 0.6) is 5.75 Å². The van der Waals surface area contributed by atoms with E-state index in [-0.39, 0.29) is 36.1 Å². The second-order valence-electron chi connectivity index (χ2n) is 10.8. The van der Waals surface area contributed by atoms with Crippen LogP contribution in [0.25, 0.3) is 0 Å². The number of hydrogen-bond donors (Lipinski definition) is 3. The fourth-order valence-electron chi connectivity index (χ4n) is 5.13. The van der Waals surface area contributed by atoms with Crippen molar-refractivity contribution in [3.8, 4) is 5.75 Å². The summed E-state index contributed by atoms with van der Waals surface area (Å²) < 4.78 is 65.9. The molecule has 0 unspecified atom stereocenters. The second-order valence-corrected chi connectivity index (χ2v) is 11.6. The van der Waals surface area contributed by atoms with E-state index in [0.29, 0.717) is 41.0 Å². The summed E-state index contributed by atoms with van der Waals surface area (Å²) in [6.07, 6.45) is -5.32. The van der Waals surface area contributed by atoms with Gasteiger partial charge in [-0.2, -0.15) is 13.2 Å². The van der Waals surface area contributed by atoms with Gasteiger partial charge in [-0.05, 0) is 65.7 Å². The van der Waals surface area contributed by atoms with Crippen molar-refractivity contribution in [1.82, 2.24) is 10.9 Å². The van der Waals surface area contributed by atoms with Crippen molar-refractivity contribution in [1.29, 1.82) is 0 Å². The van der Waals surface area contributed by atoms with E-state index in [0.717, 1.165) is 17.7 Å². The number of halogens is 6. The first kappa shape index (κ1) is 34.2. The molecule has 0 bridgehead atoms. The fourth-order valence-corrected chi connectivity index (χ4v) is 5.64. The number of ether oxygens (including phenoxy) is 2. The van der Waals surface area contributed by atoms with Crippen molar-refractivity contribution in [2.75, 3.05) is 13.2 Å². The molecule has 5 rings (SSSR count). The maximum absolute atomic E-state index is 14.3. The van der Waals surface area contributed by atoms with Crippen LogP contribution >= 0.6 is 23.2 Å². The number of nitrogens with one attached hydrogen (secondary N) is 2. The quantitative estimate of drug-likeness (QED) is 0.0829. The summed E-state index contributed by atoms with van der Waals surface area (Å²) in [5.74, 6) is -1.05. The van der Waals surface area contributed by atoms with Gasteiger partial charge in [0.25, 0.3) is 5.91 Å². The SMILES string of the molecule is O=C(NNCc1cc(F)cc(C(F)(F)F)c1)[C@@]1(Cc2ccccc2)N=C(c2ccc(OCCCO)cc2)O[C@H]1c1ccc(Cl)cc1Cl. The van der Waals surface area contributed by atoms with Gasteiger partial charge in [0.2, 0.25) is 5.90 Å². The number of amides is 1. The van der Waals surface area contributed by atoms with E-state index < -0.39 is 35.1 Å². The van der Waals surface area contributed by atoms with Gasteiger partial charge in [0.05, 0.1) is 12.2 Å². The number of aliphatic hydroxyl groups is 1. The normalized spacial score (nSPS) is 17.6. The van der Waals surface area contributed by atoms with Gasteiger partial charge in [-0.15, -0.1) is 0 Å². The van der Waals surface area contributed by atoms with Crippen molar-refractivity contribution in [2.24, 2.45) is 4.99 Å². The zero-order valence-corrected chi connectivity index (χ0v) is 26.2. The first-order chi connectivity index (χ1) is 22.5. The Morgan fingerprint density at radius 1 is 0.979 bits per heavy atom. The van der Waals surface area contributed by atoms with E-state index in [2.05, 4.69) is 10.9 Å². The van der Waals surface area contributed by atoms with Crippen LogP contribution in [-0.4, -0.2) is 35.7 Å². The minimum atomic E-state index is -4.75. The Labute approximate surface area is 278 Å². The highest BCUT2D eigenvalue weighted by Crippen LogP contribution is 2.45. The molecule has 47 heavy (non-hydrogen) atoms. The van der Waals surface area contributed by atoms with Crippen LogP contribution in [0.1, 0.15) is 40.3 Å². The molecule has 3 N–H and O–H groups in total. The topological polar surface area (TPSA) is 92.2 Å². The molecule has 13 heteroatoms. The predicted octanol–water partition coefficient (Wildman–Crippen LogP) is 7.23. The lowest BCUT2D eigenvalue weighted by molar-refractivity contribution is -0.138. The molecule has 1 amide bonds. The van der Waals surface area contributed by atoms with E-state index in [1.807, 2.05) is 30.3 Å². The van der Waals surface area contributed by atoms with Gasteiger partial charge in [-0.25, -0.2) is 14.8 Å². The first-order valence-electron chi connectivity index (χ1n) is 14.5. The van der Waals surface area contributed by atoms with Crippen LogP contribution < -0.4 is 15.6 Å². The van der Waals surface area contributed by atoms with Crippen LogP contribution in [-0.2, 0) is 28.7 Å². The number of carbonyl (C=O) groups excluding carboxylic acids is 1. The van der Waals surface area contributed by atoms with E-state index >= 15 is 0 Å². The zero-order chi connectivity index (χ0) is 33.6. The maximum Gasteiger partial charge on any atom is 0.416 e. The molecule has 1 heterocycles. The standard InChI is InChI=1S/C34H29Cl2F4N3O4/c35-25-9-12-28(29(36)18-25)30-33(19-21-5-2-1-3-6-21,42-31(47-30)23-7-10-27(11-8-23)46-14-4-13-44)32(45)43-41-20-22-15-24(34(38,39)40)17-26(37)16-22/h1-3,5-12,15-18,30,41,44H,4,13-14,19-20H2,(H,43,45)/t30-,33-/m0/s1. The number of hydrogen-bond acceptors (Lipinski definition) is 6. The Hall–Kier alpha value is -4.16. The number of aliphatic hydroxyl groups excluding tert-OH is 1. The molecule has 0 spiro atoms. The summed E-state index contributed by atoms with van der Waals surface area (Å²) in [5, 5.41) is 9.62. The molecule has 0 aliphatic carbocycles. The molecule has 0 radical (unpaired) electrons. The monoisotopic (exact) mass is 689 g/mol. The number of carbonyl (C=O) groups is 1. The molecule has 4 aromatic rings. The average Bonchev–Trinajstić information content (AvgIpc) is 3.41. The van der Waals surface area contributed by atoms with Gasteiger partial charge < -0.3 is 14.6 Å². The third-order valence-corrected chi connectivity index (χ3v) is 7.93. The van der Waals surface area contributed by atoms with Gasteiger partial charge >= 0.3 is 6.18 Å². The van der Waals surface area contributed by atoms with Crippen molar-refractivity contribution in [3.63, 3.8) is 0 Å². The summed E-state index contributed by atoms with van der Waals surface area (Å²) in [7, 11) is 0. The van der Waals surface area contributed by atoms with Gasteiger partial charge in [0.1, 0.15) is 11.6 Å². The molecule has 2 atom stereocenters. The van der Waals surface area contributed by atoms with Crippen LogP contribution in [0.15, 0.2) is 96.0 Å². The summed E-state index contributed by atoms with van der Waals surface area (Å²) in [6, 6.07) is 22.8.